The van der Waals surface area contributed by atoms with Crippen LogP contribution in [0.25, 0.3) is 6.08 Å². The second-order valence-corrected chi connectivity index (χ2v) is 3.57. The summed E-state index contributed by atoms with van der Waals surface area (Å²) in [6.07, 6.45) is 8.11. The molecule has 1 aromatic rings. The predicted molar refractivity (Wildman–Crippen MR) is 67.1 cm³/mol. The van der Waals surface area contributed by atoms with Crippen LogP contribution in [0.5, 0.6) is 5.75 Å². The zero-order valence-corrected chi connectivity index (χ0v) is 9.78. The molecule has 88 valence electrons. The van der Waals surface area contributed by atoms with Crippen molar-refractivity contribution in [1.82, 2.24) is 0 Å². The maximum absolute atomic E-state index is 10.3. The van der Waals surface area contributed by atoms with Gasteiger partial charge in [-0.05, 0) is 23.8 Å². The van der Waals surface area contributed by atoms with Crippen molar-refractivity contribution >= 4 is 23.6 Å². The van der Waals surface area contributed by atoms with Crippen molar-refractivity contribution in [2.75, 3.05) is 6.61 Å². The number of hydrogen-bond acceptors (Lipinski definition) is 2. The second kappa shape index (κ2) is 6.62. The lowest BCUT2D eigenvalue weighted by Crippen LogP contribution is -1.96. The first-order valence-electron chi connectivity index (χ1n) is 4.90. The summed E-state index contributed by atoms with van der Waals surface area (Å²) >= 11 is 5.97. The number of halogens is 1. The van der Waals surface area contributed by atoms with Gasteiger partial charge in [0.25, 0.3) is 0 Å². The standard InChI is InChI=1S/C13H11ClO3/c1-2-3-8-17-12-6-4-10(9-11(12)14)5-7-13(15)16/h1,4-7,9H,3,8H2,(H,15,16). The van der Waals surface area contributed by atoms with E-state index in [2.05, 4.69) is 5.92 Å². The van der Waals surface area contributed by atoms with Crippen LogP contribution < -0.4 is 4.74 Å². The molecule has 0 spiro atoms. The second-order valence-electron chi connectivity index (χ2n) is 3.16. The monoisotopic (exact) mass is 250 g/mol. The Balaban J connectivity index is 2.73. The van der Waals surface area contributed by atoms with Crippen LogP contribution in [0.1, 0.15) is 12.0 Å². The summed E-state index contributed by atoms with van der Waals surface area (Å²) in [5.41, 5.74) is 0.696. The molecule has 17 heavy (non-hydrogen) atoms. The van der Waals surface area contributed by atoms with Crippen LogP contribution in [0.3, 0.4) is 0 Å². The molecule has 0 fully saturated rings. The molecule has 0 amide bonds. The van der Waals surface area contributed by atoms with Gasteiger partial charge in [-0.2, -0.15) is 0 Å². The van der Waals surface area contributed by atoms with E-state index < -0.39 is 5.97 Å². The molecule has 4 heteroatoms. The van der Waals surface area contributed by atoms with Gasteiger partial charge in [0.1, 0.15) is 5.75 Å². The average Bonchev–Trinajstić information content (AvgIpc) is 2.29. The van der Waals surface area contributed by atoms with E-state index in [1.165, 1.54) is 6.08 Å². The third-order valence-electron chi connectivity index (χ3n) is 1.88. The van der Waals surface area contributed by atoms with Crippen molar-refractivity contribution in [3.63, 3.8) is 0 Å². The number of carbonyl (C=O) groups is 1. The largest absolute Gasteiger partial charge is 0.491 e. The Kier molecular flexibility index (Phi) is 5.12. The minimum atomic E-state index is -1.00. The predicted octanol–water partition coefficient (Wildman–Crippen LogP) is 2.84. The highest BCUT2D eigenvalue weighted by molar-refractivity contribution is 6.32. The van der Waals surface area contributed by atoms with Crippen LogP contribution in [0.4, 0.5) is 0 Å². The Labute approximate surface area is 105 Å². The van der Waals surface area contributed by atoms with Gasteiger partial charge in [0.2, 0.25) is 0 Å². The molecule has 1 rings (SSSR count). The Morgan fingerprint density at radius 1 is 1.59 bits per heavy atom. The molecule has 0 bridgehead atoms. The Bertz CT molecular complexity index is 472. The van der Waals surface area contributed by atoms with E-state index in [0.717, 1.165) is 6.08 Å². The van der Waals surface area contributed by atoms with Gasteiger partial charge in [-0.25, -0.2) is 4.79 Å². The number of carboxylic acids is 1. The lowest BCUT2D eigenvalue weighted by atomic mass is 10.2. The zero-order chi connectivity index (χ0) is 12.7. The maximum Gasteiger partial charge on any atom is 0.328 e. The molecule has 1 aromatic carbocycles. The first-order chi connectivity index (χ1) is 8.13. The van der Waals surface area contributed by atoms with Gasteiger partial charge in [-0.15, -0.1) is 12.3 Å². The van der Waals surface area contributed by atoms with Gasteiger partial charge in [0.15, 0.2) is 0 Å². The fourth-order valence-corrected chi connectivity index (χ4v) is 1.37. The summed E-state index contributed by atoms with van der Waals surface area (Å²) < 4.78 is 5.34. The van der Waals surface area contributed by atoms with E-state index in [1.54, 1.807) is 18.2 Å². The van der Waals surface area contributed by atoms with Crippen LogP contribution in [-0.4, -0.2) is 17.7 Å². The zero-order valence-electron chi connectivity index (χ0n) is 9.02. The molecule has 3 nitrogen and oxygen atoms in total. The minimum Gasteiger partial charge on any atom is -0.491 e. The highest BCUT2D eigenvalue weighted by atomic mass is 35.5. The van der Waals surface area contributed by atoms with E-state index in [0.29, 0.717) is 29.4 Å². The van der Waals surface area contributed by atoms with Crippen molar-refractivity contribution in [2.24, 2.45) is 0 Å². The average molecular weight is 251 g/mol. The van der Waals surface area contributed by atoms with Crippen LogP contribution >= 0.6 is 11.6 Å². The maximum atomic E-state index is 10.3. The van der Waals surface area contributed by atoms with Crippen LogP contribution in [0.15, 0.2) is 24.3 Å². The molecule has 1 N–H and O–H groups in total. The molecule has 0 saturated carbocycles. The van der Waals surface area contributed by atoms with Crippen LogP contribution in [0, 0.1) is 12.3 Å². The molecule has 0 radical (unpaired) electrons. The molecule has 0 saturated heterocycles. The third-order valence-corrected chi connectivity index (χ3v) is 2.17. The van der Waals surface area contributed by atoms with Crippen molar-refractivity contribution in [1.29, 1.82) is 0 Å². The highest BCUT2D eigenvalue weighted by Crippen LogP contribution is 2.26. The summed E-state index contributed by atoms with van der Waals surface area (Å²) in [7, 11) is 0. The molecule has 0 unspecified atom stereocenters. The van der Waals surface area contributed by atoms with Gasteiger partial charge in [-0.3, -0.25) is 0 Å². The van der Waals surface area contributed by atoms with Crippen molar-refractivity contribution in [3.8, 4) is 18.1 Å². The summed E-state index contributed by atoms with van der Waals surface area (Å²) in [6.45, 7) is 0.403. The highest BCUT2D eigenvalue weighted by Gasteiger charge is 2.01. The Morgan fingerprint density at radius 3 is 2.94 bits per heavy atom. The molecule has 0 atom stereocenters. The van der Waals surface area contributed by atoms with E-state index >= 15 is 0 Å². The normalized spacial score (nSPS) is 10.1. The van der Waals surface area contributed by atoms with Crippen molar-refractivity contribution in [2.45, 2.75) is 6.42 Å². The topological polar surface area (TPSA) is 46.5 Å². The van der Waals surface area contributed by atoms with Gasteiger partial charge in [-0.1, -0.05) is 17.7 Å². The molecule has 0 aromatic heterocycles. The van der Waals surface area contributed by atoms with E-state index in [9.17, 15) is 4.79 Å². The first-order valence-corrected chi connectivity index (χ1v) is 5.28. The number of benzene rings is 1. The lowest BCUT2D eigenvalue weighted by Gasteiger charge is -2.06. The molecule has 0 heterocycles. The number of rotatable bonds is 5. The van der Waals surface area contributed by atoms with Gasteiger partial charge in [0, 0.05) is 12.5 Å². The van der Waals surface area contributed by atoms with Gasteiger partial charge in [0.05, 0.1) is 11.6 Å². The fraction of sp³-hybridized carbons (Fsp3) is 0.154. The third kappa shape index (κ3) is 4.62. The van der Waals surface area contributed by atoms with Crippen LogP contribution in [0.2, 0.25) is 5.02 Å². The summed E-state index contributed by atoms with van der Waals surface area (Å²) in [6, 6.07) is 5.03. The van der Waals surface area contributed by atoms with Gasteiger partial charge < -0.3 is 9.84 Å². The van der Waals surface area contributed by atoms with E-state index in [1.807, 2.05) is 0 Å². The summed E-state index contributed by atoms with van der Waals surface area (Å²) in [5.74, 6) is 1.99. The molecular weight excluding hydrogens is 240 g/mol. The lowest BCUT2D eigenvalue weighted by molar-refractivity contribution is -0.131. The molecule has 0 aliphatic rings. The minimum absolute atomic E-state index is 0.403. The quantitative estimate of drug-likeness (QED) is 0.497. The summed E-state index contributed by atoms with van der Waals surface area (Å²) in [4.78, 5) is 10.3. The Hall–Kier alpha value is -1.92. The van der Waals surface area contributed by atoms with Crippen LogP contribution in [-0.2, 0) is 4.79 Å². The number of ether oxygens (including phenoxy) is 1. The van der Waals surface area contributed by atoms with Crippen molar-refractivity contribution < 1.29 is 14.6 Å². The molecular formula is C13H11ClO3. The van der Waals surface area contributed by atoms with Crippen molar-refractivity contribution in [3.05, 3.63) is 34.9 Å². The smallest absolute Gasteiger partial charge is 0.328 e. The fourth-order valence-electron chi connectivity index (χ4n) is 1.13. The molecule has 0 aliphatic heterocycles. The number of aliphatic carboxylic acids is 1. The Morgan fingerprint density at radius 2 is 2.35 bits per heavy atom. The first kappa shape index (κ1) is 13.1. The summed E-state index contributed by atoms with van der Waals surface area (Å²) in [5, 5.41) is 8.90. The number of carboxylic acid groups (broad SMARTS) is 1. The van der Waals surface area contributed by atoms with E-state index in [4.69, 9.17) is 27.9 Å². The van der Waals surface area contributed by atoms with Gasteiger partial charge >= 0.3 is 5.97 Å². The number of terminal acetylenes is 1. The SMILES string of the molecule is C#CCCOc1ccc(C=CC(=O)O)cc1Cl. The number of hydrogen-bond donors (Lipinski definition) is 1. The molecule has 0 aliphatic carbocycles. The van der Waals surface area contributed by atoms with E-state index in [-0.39, 0.29) is 0 Å².